The maximum absolute atomic E-state index is 5.68. The van der Waals surface area contributed by atoms with Crippen LogP contribution in [0.2, 0.25) is 0 Å². The van der Waals surface area contributed by atoms with E-state index in [0.29, 0.717) is 6.54 Å². The Morgan fingerprint density at radius 1 is 1.47 bits per heavy atom. The van der Waals surface area contributed by atoms with Crippen molar-refractivity contribution in [3.63, 3.8) is 0 Å². The molecule has 0 unspecified atom stereocenters. The molecule has 0 atom stereocenters. The Morgan fingerprint density at radius 3 is 3.00 bits per heavy atom. The van der Waals surface area contributed by atoms with E-state index in [2.05, 4.69) is 35.3 Å². The summed E-state index contributed by atoms with van der Waals surface area (Å²) in [5.41, 5.74) is 9.81. The Morgan fingerprint density at radius 2 is 2.33 bits per heavy atom. The number of aromatic nitrogens is 2. The molecule has 2 rings (SSSR count). The summed E-state index contributed by atoms with van der Waals surface area (Å²) < 4.78 is 0.954. The molecule has 0 aliphatic rings. The van der Waals surface area contributed by atoms with Crippen molar-refractivity contribution < 1.29 is 0 Å². The SMILES string of the molecule is Cc1ccc(CN)c(Sc2nncs2)c1. The predicted octanol–water partition coefficient (Wildman–Crippen LogP) is 2.46. The highest BCUT2D eigenvalue weighted by Crippen LogP contribution is 2.31. The predicted molar refractivity (Wildman–Crippen MR) is 63.1 cm³/mol. The second-order valence-corrected chi connectivity index (χ2v) is 5.24. The van der Waals surface area contributed by atoms with Crippen LogP contribution in [-0.2, 0) is 6.54 Å². The van der Waals surface area contributed by atoms with Crippen LogP contribution in [0, 0.1) is 6.92 Å². The molecule has 0 aliphatic carbocycles. The van der Waals surface area contributed by atoms with Crippen LogP contribution in [0.5, 0.6) is 0 Å². The molecule has 2 N–H and O–H groups in total. The van der Waals surface area contributed by atoms with Crippen LogP contribution in [0.15, 0.2) is 32.9 Å². The third kappa shape index (κ3) is 2.56. The first-order chi connectivity index (χ1) is 7.29. The van der Waals surface area contributed by atoms with Gasteiger partial charge in [-0.3, -0.25) is 0 Å². The van der Waals surface area contributed by atoms with Gasteiger partial charge in [0.05, 0.1) is 0 Å². The smallest absolute Gasteiger partial charge is 0.178 e. The van der Waals surface area contributed by atoms with E-state index in [-0.39, 0.29) is 0 Å². The van der Waals surface area contributed by atoms with Crippen molar-refractivity contribution in [1.29, 1.82) is 0 Å². The van der Waals surface area contributed by atoms with E-state index in [1.165, 1.54) is 10.5 Å². The summed E-state index contributed by atoms with van der Waals surface area (Å²) in [7, 11) is 0. The summed E-state index contributed by atoms with van der Waals surface area (Å²) in [5, 5.41) is 7.82. The highest BCUT2D eigenvalue weighted by molar-refractivity contribution is 8.01. The lowest BCUT2D eigenvalue weighted by Crippen LogP contribution is -1.98. The van der Waals surface area contributed by atoms with Crippen LogP contribution in [0.4, 0.5) is 0 Å². The van der Waals surface area contributed by atoms with E-state index >= 15 is 0 Å². The molecule has 0 saturated heterocycles. The molecule has 1 heterocycles. The Bertz CT molecular complexity index is 440. The molecule has 5 heteroatoms. The molecule has 0 amide bonds. The second kappa shape index (κ2) is 4.74. The van der Waals surface area contributed by atoms with Crippen LogP contribution >= 0.6 is 23.1 Å². The Hall–Kier alpha value is -0.910. The molecule has 0 aliphatic heterocycles. The fraction of sp³-hybridized carbons (Fsp3) is 0.200. The van der Waals surface area contributed by atoms with Gasteiger partial charge in [-0.1, -0.05) is 35.2 Å². The largest absolute Gasteiger partial charge is 0.326 e. The molecule has 2 aromatic rings. The number of hydrogen-bond donors (Lipinski definition) is 1. The quantitative estimate of drug-likeness (QED) is 0.891. The van der Waals surface area contributed by atoms with Gasteiger partial charge in [-0.2, -0.15) is 0 Å². The highest BCUT2D eigenvalue weighted by atomic mass is 32.2. The fourth-order valence-electron chi connectivity index (χ4n) is 1.23. The molecule has 0 spiro atoms. The van der Waals surface area contributed by atoms with Gasteiger partial charge in [0.1, 0.15) is 5.51 Å². The van der Waals surface area contributed by atoms with Crippen LogP contribution in [0.25, 0.3) is 0 Å². The highest BCUT2D eigenvalue weighted by Gasteiger charge is 2.05. The summed E-state index contributed by atoms with van der Waals surface area (Å²) >= 11 is 3.17. The summed E-state index contributed by atoms with van der Waals surface area (Å²) in [4.78, 5) is 1.18. The molecule has 3 nitrogen and oxygen atoms in total. The standard InChI is InChI=1S/C10H11N3S2/c1-7-2-3-8(5-11)9(4-7)15-10-13-12-6-14-10/h2-4,6H,5,11H2,1H3. The van der Waals surface area contributed by atoms with Crippen molar-refractivity contribution in [2.75, 3.05) is 0 Å². The molecular weight excluding hydrogens is 226 g/mol. The van der Waals surface area contributed by atoms with E-state index in [9.17, 15) is 0 Å². The number of aryl methyl sites for hydroxylation is 1. The van der Waals surface area contributed by atoms with Gasteiger partial charge in [-0.25, -0.2) is 0 Å². The molecule has 1 aromatic heterocycles. The van der Waals surface area contributed by atoms with E-state index in [4.69, 9.17) is 5.73 Å². The van der Waals surface area contributed by atoms with Crippen molar-refractivity contribution in [1.82, 2.24) is 10.2 Å². The molecule has 0 fully saturated rings. The van der Waals surface area contributed by atoms with Crippen molar-refractivity contribution >= 4 is 23.1 Å². The minimum Gasteiger partial charge on any atom is -0.326 e. The lowest BCUT2D eigenvalue weighted by atomic mass is 10.1. The van der Waals surface area contributed by atoms with Crippen molar-refractivity contribution in [2.24, 2.45) is 5.73 Å². The summed E-state index contributed by atoms with van der Waals surface area (Å²) in [5.74, 6) is 0. The molecule has 0 radical (unpaired) electrons. The molecule has 78 valence electrons. The zero-order chi connectivity index (χ0) is 10.7. The third-order valence-corrected chi connectivity index (χ3v) is 3.86. The van der Waals surface area contributed by atoms with E-state index in [0.717, 1.165) is 9.90 Å². The molecule has 0 saturated carbocycles. The maximum Gasteiger partial charge on any atom is 0.178 e. The number of nitrogens with two attached hydrogens (primary N) is 1. The van der Waals surface area contributed by atoms with Crippen LogP contribution < -0.4 is 5.73 Å². The van der Waals surface area contributed by atoms with Gasteiger partial charge in [-0.15, -0.1) is 10.2 Å². The van der Waals surface area contributed by atoms with Gasteiger partial charge >= 0.3 is 0 Å². The number of hydrogen-bond acceptors (Lipinski definition) is 5. The van der Waals surface area contributed by atoms with Gasteiger partial charge in [0.15, 0.2) is 4.34 Å². The van der Waals surface area contributed by atoms with E-state index in [1.807, 2.05) is 0 Å². The minimum absolute atomic E-state index is 0.557. The minimum atomic E-state index is 0.557. The first-order valence-corrected chi connectivity index (χ1v) is 6.23. The van der Waals surface area contributed by atoms with Crippen molar-refractivity contribution in [3.05, 3.63) is 34.8 Å². The average Bonchev–Trinajstić information content (AvgIpc) is 2.71. The normalized spacial score (nSPS) is 10.5. The average molecular weight is 237 g/mol. The molecule has 15 heavy (non-hydrogen) atoms. The van der Waals surface area contributed by atoms with E-state index < -0.39 is 0 Å². The van der Waals surface area contributed by atoms with Crippen molar-refractivity contribution in [2.45, 2.75) is 22.7 Å². The Labute approximate surface area is 96.7 Å². The zero-order valence-corrected chi connectivity index (χ0v) is 9.94. The zero-order valence-electron chi connectivity index (χ0n) is 8.30. The Balaban J connectivity index is 2.30. The van der Waals surface area contributed by atoms with Gasteiger partial charge in [0, 0.05) is 11.4 Å². The Kier molecular flexibility index (Phi) is 3.35. The molecule has 0 bridgehead atoms. The summed E-state index contributed by atoms with van der Waals surface area (Å²) in [6, 6.07) is 6.28. The molecule has 1 aromatic carbocycles. The monoisotopic (exact) mass is 237 g/mol. The maximum atomic E-state index is 5.68. The van der Waals surface area contributed by atoms with Gasteiger partial charge in [-0.05, 0) is 24.1 Å². The third-order valence-electron chi connectivity index (χ3n) is 1.98. The topological polar surface area (TPSA) is 51.8 Å². The lowest BCUT2D eigenvalue weighted by molar-refractivity contribution is 0.999. The number of rotatable bonds is 3. The fourth-order valence-corrected chi connectivity index (χ4v) is 2.90. The van der Waals surface area contributed by atoms with Gasteiger partial charge < -0.3 is 5.73 Å². The second-order valence-electron chi connectivity index (χ2n) is 3.12. The molecular formula is C10H11N3S2. The number of nitrogens with zero attached hydrogens (tertiary/aromatic N) is 2. The van der Waals surface area contributed by atoms with Gasteiger partial charge in [0.2, 0.25) is 0 Å². The van der Waals surface area contributed by atoms with Crippen LogP contribution in [-0.4, -0.2) is 10.2 Å². The van der Waals surface area contributed by atoms with E-state index in [1.54, 1.807) is 28.6 Å². The first-order valence-electron chi connectivity index (χ1n) is 4.53. The van der Waals surface area contributed by atoms with Crippen LogP contribution in [0.3, 0.4) is 0 Å². The van der Waals surface area contributed by atoms with Gasteiger partial charge in [0.25, 0.3) is 0 Å². The first kappa shape index (κ1) is 10.6. The summed E-state index contributed by atoms with van der Waals surface area (Å²) in [6.45, 7) is 2.63. The van der Waals surface area contributed by atoms with Crippen molar-refractivity contribution in [3.8, 4) is 0 Å². The summed E-state index contributed by atoms with van der Waals surface area (Å²) in [6.07, 6.45) is 0. The number of benzene rings is 1. The van der Waals surface area contributed by atoms with Crippen LogP contribution in [0.1, 0.15) is 11.1 Å². The lowest BCUT2D eigenvalue weighted by Gasteiger charge is -2.06.